The highest BCUT2D eigenvalue weighted by molar-refractivity contribution is 6.08. The van der Waals surface area contributed by atoms with Gasteiger partial charge in [0.15, 0.2) is 0 Å². The van der Waals surface area contributed by atoms with Crippen LogP contribution in [0.4, 0.5) is 5.69 Å². The van der Waals surface area contributed by atoms with Crippen LogP contribution in [0.2, 0.25) is 0 Å². The van der Waals surface area contributed by atoms with E-state index < -0.39 is 11.5 Å². The first-order valence-corrected chi connectivity index (χ1v) is 9.47. The first kappa shape index (κ1) is 18.4. The predicted molar refractivity (Wildman–Crippen MR) is 109 cm³/mol. The van der Waals surface area contributed by atoms with E-state index in [-0.39, 0.29) is 23.8 Å². The Balaban J connectivity index is 1.78. The average Bonchev–Trinajstić information content (AvgIpc) is 3.14. The van der Waals surface area contributed by atoms with Crippen LogP contribution in [0, 0.1) is 11.8 Å². The van der Waals surface area contributed by atoms with Crippen LogP contribution >= 0.6 is 0 Å². The molecular weight excluding hydrogens is 352 g/mol. The molecule has 0 aromatic heterocycles. The lowest BCUT2D eigenvalue weighted by molar-refractivity contribution is -0.147. The minimum absolute atomic E-state index is 0.0364. The third kappa shape index (κ3) is 2.58. The van der Waals surface area contributed by atoms with Crippen molar-refractivity contribution in [3.8, 4) is 0 Å². The van der Waals surface area contributed by atoms with Crippen molar-refractivity contribution < 1.29 is 14.3 Å². The number of carbonyl (C=O) groups excluding carboxylic acids is 2. The molecule has 0 aliphatic carbocycles. The number of rotatable bonds is 3. The van der Waals surface area contributed by atoms with Gasteiger partial charge in [0.2, 0.25) is 0 Å². The molecule has 144 valence electrons. The van der Waals surface area contributed by atoms with Crippen molar-refractivity contribution in [3.05, 3.63) is 71.8 Å². The molecule has 5 nitrogen and oxygen atoms in total. The maximum absolute atomic E-state index is 13.4. The second-order valence-electron chi connectivity index (χ2n) is 7.47. The highest BCUT2D eigenvalue weighted by Crippen LogP contribution is 2.51. The predicted octanol–water partition coefficient (Wildman–Crippen LogP) is 2.97. The Kier molecular flexibility index (Phi) is 4.55. The summed E-state index contributed by atoms with van der Waals surface area (Å²) in [5.41, 5.74) is 1.90. The van der Waals surface area contributed by atoms with Gasteiger partial charge in [-0.05, 0) is 11.6 Å². The Morgan fingerprint density at radius 3 is 2.54 bits per heavy atom. The van der Waals surface area contributed by atoms with Gasteiger partial charge in [-0.15, -0.1) is 0 Å². The number of para-hydroxylation sites is 1. The molecule has 2 aromatic rings. The van der Waals surface area contributed by atoms with E-state index >= 15 is 0 Å². The molecule has 2 aliphatic rings. The molecular formula is C23H24N2O3. The summed E-state index contributed by atoms with van der Waals surface area (Å²) in [7, 11) is 3.18. The molecule has 0 unspecified atom stereocenters. The van der Waals surface area contributed by atoms with Gasteiger partial charge in [0, 0.05) is 30.3 Å². The third-order valence-corrected chi connectivity index (χ3v) is 6.10. The van der Waals surface area contributed by atoms with E-state index in [1.807, 2.05) is 73.7 Å². The number of hydrogen-bond acceptors (Lipinski definition) is 4. The van der Waals surface area contributed by atoms with Crippen molar-refractivity contribution >= 4 is 23.6 Å². The highest BCUT2D eigenvalue weighted by Gasteiger charge is 2.62. The maximum atomic E-state index is 13.4. The molecule has 1 fully saturated rings. The van der Waals surface area contributed by atoms with E-state index in [1.165, 1.54) is 7.11 Å². The SMILES string of the molecule is COC(=O)[C@@H]1[C@H](/C=C/c2ccccc2)N[C@@]2(C(=O)N(C)c3ccccc32)[C@H]1C. The Morgan fingerprint density at radius 1 is 1.14 bits per heavy atom. The number of benzene rings is 2. The summed E-state index contributed by atoms with van der Waals surface area (Å²) in [6.45, 7) is 1.96. The third-order valence-electron chi connectivity index (χ3n) is 6.10. The van der Waals surface area contributed by atoms with E-state index in [4.69, 9.17) is 4.74 Å². The van der Waals surface area contributed by atoms with Gasteiger partial charge < -0.3 is 9.64 Å². The summed E-state index contributed by atoms with van der Waals surface area (Å²) in [6, 6.07) is 17.4. The quantitative estimate of drug-likeness (QED) is 0.837. The zero-order chi connectivity index (χ0) is 19.9. The van der Waals surface area contributed by atoms with Gasteiger partial charge in [0.25, 0.3) is 5.91 Å². The number of methoxy groups -OCH3 is 1. The number of fused-ring (bicyclic) bond motifs is 2. The molecule has 2 heterocycles. The second kappa shape index (κ2) is 6.91. The number of likely N-dealkylation sites (N-methyl/N-ethyl adjacent to an activating group) is 1. The van der Waals surface area contributed by atoms with E-state index in [9.17, 15) is 9.59 Å². The Morgan fingerprint density at radius 2 is 1.82 bits per heavy atom. The summed E-state index contributed by atoms with van der Waals surface area (Å²) >= 11 is 0. The van der Waals surface area contributed by atoms with Gasteiger partial charge in [-0.25, -0.2) is 0 Å². The topological polar surface area (TPSA) is 58.6 Å². The van der Waals surface area contributed by atoms with E-state index in [0.717, 1.165) is 16.8 Å². The molecule has 4 rings (SSSR count). The van der Waals surface area contributed by atoms with Crippen molar-refractivity contribution in [1.29, 1.82) is 0 Å². The minimum atomic E-state index is -0.935. The van der Waals surface area contributed by atoms with Crippen molar-refractivity contribution in [3.63, 3.8) is 0 Å². The molecule has 1 saturated heterocycles. The molecule has 2 aromatic carbocycles. The number of ether oxygens (including phenoxy) is 1. The van der Waals surface area contributed by atoms with Gasteiger partial charge in [0.05, 0.1) is 13.0 Å². The number of amides is 1. The van der Waals surface area contributed by atoms with Crippen molar-refractivity contribution in [2.45, 2.75) is 18.5 Å². The lowest BCUT2D eigenvalue weighted by Crippen LogP contribution is -2.50. The minimum Gasteiger partial charge on any atom is -0.469 e. The molecule has 4 atom stereocenters. The fourth-order valence-corrected chi connectivity index (χ4v) is 4.67. The van der Waals surface area contributed by atoms with Crippen molar-refractivity contribution in [2.24, 2.45) is 11.8 Å². The normalized spacial score (nSPS) is 28.9. The molecule has 5 heteroatoms. The molecule has 2 aliphatic heterocycles. The molecule has 0 radical (unpaired) electrons. The average molecular weight is 376 g/mol. The number of esters is 1. The highest BCUT2D eigenvalue weighted by atomic mass is 16.5. The standard InChI is InChI=1S/C23H24N2O3/c1-15-20(21(26)28-3)18(14-13-16-9-5-4-6-10-16)24-23(15)17-11-7-8-12-19(17)25(2)22(23)27/h4-15,18,20,24H,1-3H3/b14-13+/t15-,18-,20-,23-/m0/s1. The van der Waals surface area contributed by atoms with Crippen LogP contribution < -0.4 is 10.2 Å². The molecule has 1 N–H and O–H groups in total. The second-order valence-corrected chi connectivity index (χ2v) is 7.47. The Hall–Kier alpha value is -2.92. The van der Waals surface area contributed by atoms with Crippen LogP contribution in [-0.4, -0.2) is 32.1 Å². The zero-order valence-electron chi connectivity index (χ0n) is 16.3. The largest absolute Gasteiger partial charge is 0.469 e. The number of carbonyl (C=O) groups is 2. The maximum Gasteiger partial charge on any atom is 0.310 e. The fraction of sp³-hybridized carbons (Fsp3) is 0.304. The van der Waals surface area contributed by atoms with Gasteiger partial charge >= 0.3 is 5.97 Å². The van der Waals surface area contributed by atoms with Crippen LogP contribution in [0.15, 0.2) is 60.7 Å². The summed E-state index contributed by atoms with van der Waals surface area (Å²) in [6.07, 6.45) is 3.95. The van der Waals surface area contributed by atoms with Crippen LogP contribution in [0.1, 0.15) is 18.1 Å². The van der Waals surface area contributed by atoms with E-state index in [2.05, 4.69) is 5.32 Å². The van der Waals surface area contributed by atoms with Crippen molar-refractivity contribution in [2.75, 3.05) is 19.1 Å². The number of hydrogen-bond donors (Lipinski definition) is 1. The number of anilines is 1. The summed E-state index contributed by atoms with van der Waals surface area (Å²) in [4.78, 5) is 27.7. The van der Waals surface area contributed by atoms with Gasteiger partial charge in [-0.2, -0.15) is 0 Å². The van der Waals surface area contributed by atoms with E-state index in [1.54, 1.807) is 11.9 Å². The molecule has 1 spiro atoms. The number of nitrogens with one attached hydrogen (secondary N) is 1. The smallest absolute Gasteiger partial charge is 0.310 e. The first-order valence-electron chi connectivity index (χ1n) is 9.47. The van der Waals surface area contributed by atoms with Gasteiger partial charge in [-0.1, -0.05) is 67.6 Å². The first-order chi connectivity index (χ1) is 13.5. The van der Waals surface area contributed by atoms with Gasteiger partial charge in [-0.3, -0.25) is 14.9 Å². The molecule has 0 bridgehead atoms. The summed E-state index contributed by atoms with van der Waals surface area (Å²) < 4.78 is 5.10. The molecule has 0 saturated carbocycles. The van der Waals surface area contributed by atoms with Crippen molar-refractivity contribution in [1.82, 2.24) is 5.32 Å². The Bertz CT molecular complexity index is 940. The molecule has 1 amide bonds. The van der Waals surface area contributed by atoms with Crippen LogP contribution in [0.5, 0.6) is 0 Å². The lowest BCUT2D eigenvalue weighted by atomic mass is 9.76. The van der Waals surface area contributed by atoms with Crippen LogP contribution in [0.25, 0.3) is 6.08 Å². The van der Waals surface area contributed by atoms with Gasteiger partial charge in [0.1, 0.15) is 5.54 Å². The van der Waals surface area contributed by atoms with Crippen LogP contribution in [0.3, 0.4) is 0 Å². The number of nitrogens with zero attached hydrogens (tertiary/aromatic N) is 1. The lowest BCUT2D eigenvalue weighted by Gasteiger charge is -2.29. The Labute approximate surface area is 165 Å². The zero-order valence-corrected chi connectivity index (χ0v) is 16.3. The molecule has 28 heavy (non-hydrogen) atoms. The van der Waals surface area contributed by atoms with E-state index in [0.29, 0.717) is 0 Å². The van der Waals surface area contributed by atoms with Crippen LogP contribution in [-0.2, 0) is 19.9 Å². The summed E-state index contributed by atoms with van der Waals surface area (Å²) in [5.74, 6) is -1.07. The fourth-order valence-electron chi connectivity index (χ4n) is 4.67. The monoisotopic (exact) mass is 376 g/mol. The summed E-state index contributed by atoms with van der Waals surface area (Å²) in [5, 5.41) is 3.51.